The van der Waals surface area contributed by atoms with Crippen molar-refractivity contribution in [2.75, 3.05) is 0 Å². The lowest BCUT2D eigenvalue weighted by Gasteiger charge is -2.25. The van der Waals surface area contributed by atoms with E-state index in [1.54, 1.807) is 0 Å². The van der Waals surface area contributed by atoms with Crippen molar-refractivity contribution in [3.63, 3.8) is 0 Å². The molecule has 1 saturated carbocycles. The molecule has 1 heterocycles. The van der Waals surface area contributed by atoms with Crippen LogP contribution in [0.2, 0.25) is 0 Å². The van der Waals surface area contributed by atoms with Crippen LogP contribution in [0.1, 0.15) is 48.0 Å². The summed E-state index contributed by atoms with van der Waals surface area (Å²) in [6.45, 7) is 4.23. The van der Waals surface area contributed by atoms with Crippen molar-refractivity contribution < 1.29 is 0 Å². The number of hydrogen-bond acceptors (Lipinski definition) is 2. The van der Waals surface area contributed by atoms with E-state index >= 15 is 0 Å². The summed E-state index contributed by atoms with van der Waals surface area (Å²) in [5, 5.41) is 8.63. The van der Waals surface area contributed by atoms with E-state index in [4.69, 9.17) is 11.6 Å². The average molecular weight is 276 g/mol. The van der Waals surface area contributed by atoms with E-state index in [0.29, 0.717) is 11.8 Å². The summed E-state index contributed by atoms with van der Waals surface area (Å²) >= 11 is 6.02. The van der Waals surface area contributed by atoms with Crippen LogP contribution in [0.4, 0.5) is 0 Å². The first-order valence-electron chi connectivity index (χ1n) is 6.78. The van der Waals surface area contributed by atoms with Crippen molar-refractivity contribution >= 4 is 11.6 Å². The number of aromatic nitrogens is 3. The third-order valence-corrected chi connectivity index (χ3v) is 4.05. The fraction of sp³-hybridized carbons (Fsp3) is 0.467. The maximum Gasteiger partial charge on any atom is 0.152 e. The molecule has 0 spiro atoms. The summed E-state index contributed by atoms with van der Waals surface area (Å²) in [4.78, 5) is 0. The van der Waals surface area contributed by atoms with Gasteiger partial charge in [0.1, 0.15) is 5.82 Å². The first kappa shape index (κ1) is 12.7. The maximum atomic E-state index is 6.02. The summed E-state index contributed by atoms with van der Waals surface area (Å²) in [6.07, 6.45) is 3.72. The molecule has 1 aromatic heterocycles. The minimum atomic E-state index is 0.396. The molecular weight excluding hydrogens is 258 g/mol. The topological polar surface area (TPSA) is 30.7 Å². The van der Waals surface area contributed by atoms with E-state index in [1.165, 1.54) is 30.4 Å². The Morgan fingerprint density at radius 1 is 1.16 bits per heavy atom. The fourth-order valence-corrected chi connectivity index (χ4v) is 2.88. The second kappa shape index (κ2) is 4.97. The minimum Gasteiger partial charge on any atom is -0.282 e. The monoisotopic (exact) mass is 275 g/mol. The second-order valence-electron chi connectivity index (χ2n) is 5.42. The summed E-state index contributed by atoms with van der Waals surface area (Å²) in [6, 6.07) is 6.53. The lowest BCUT2D eigenvalue weighted by Crippen LogP contribution is -2.15. The van der Waals surface area contributed by atoms with E-state index < -0.39 is 0 Å². The highest BCUT2D eigenvalue weighted by molar-refractivity contribution is 6.16. The molecule has 19 heavy (non-hydrogen) atoms. The third-order valence-electron chi connectivity index (χ3n) is 3.81. The van der Waals surface area contributed by atoms with Gasteiger partial charge in [-0.2, -0.15) is 0 Å². The van der Waals surface area contributed by atoms with E-state index in [-0.39, 0.29) is 0 Å². The molecule has 0 saturated heterocycles. The van der Waals surface area contributed by atoms with E-state index in [9.17, 15) is 0 Å². The van der Waals surface area contributed by atoms with Crippen LogP contribution >= 0.6 is 11.6 Å². The summed E-state index contributed by atoms with van der Waals surface area (Å²) < 4.78 is 2.15. The SMILES string of the molecule is Cc1cc(C)cc(-n2c(CCl)nnc2C2CCC2)c1. The number of alkyl halides is 1. The van der Waals surface area contributed by atoms with Gasteiger partial charge >= 0.3 is 0 Å². The molecule has 1 aliphatic rings. The molecule has 0 aliphatic heterocycles. The van der Waals surface area contributed by atoms with Gasteiger partial charge in [0, 0.05) is 11.6 Å². The van der Waals surface area contributed by atoms with Gasteiger partial charge in [-0.3, -0.25) is 4.57 Å². The number of aryl methyl sites for hydroxylation is 2. The summed E-state index contributed by atoms with van der Waals surface area (Å²) in [5.74, 6) is 2.86. The lowest BCUT2D eigenvalue weighted by atomic mass is 9.84. The zero-order valence-corrected chi connectivity index (χ0v) is 12.1. The smallest absolute Gasteiger partial charge is 0.152 e. The normalized spacial score (nSPS) is 15.5. The molecular formula is C15H18ClN3. The Balaban J connectivity index is 2.13. The Hall–Kier alpha value is -1.35. The summed E-state index contributed by atoms with van der Waals surface area (Å²) in [7, 11) is 0. The number of nitrogens with zero attached hydrogens (tertiary/aromatic N) is 3. The van der Waals surface area contributed by atoms with E-state index in [0.717, 1.165) is 17.3 Å². The zero-order valence-electron chi connectivity index (χ0n) is 11.4. The van der Waals surface area contributed by atoms with Crippen LogP contribution in [-0.4, -0.2) is 14.8 Å². The summed E-state index contributed by atoms with van der Waals surface area (Å²) in [5.41, 5.74) is 3.65. The van der Waals surface area contributed by atoms with Crippen LogP contribution in [0, 0.1) is 13.8 Å². The van der Waals surface area contributed by atoms with Gasteiger partial charge in [0.05, 0.1) is 5.88 Å². The van der Waals surface area contributed by atoms with E-state index in [1.807, 2.05) is 0 Å². The Kier molecular flexibility index (Phi) is 3.31. The van der Waals surface area contributed by atoms with E-state index in [2.05, 4.69) is 46.8 Å². The van der Waals surface area contributed by atoms with Crippen molar-refractivity contribution in [1.82, 2.24) is 14.8 Å². The Labute approximate surface area is 118 Å². The first-order chi connectivity index (χ1) is 9.19. The van der Waals surface area contributed by atoms with Gasteiger partial charge in [-0.25, -0.2) is 0 Å². The van der Waals surface area contributed by atoms with Gasteiger partial charge in [0.2, 0.25) is 0 Å². The zero-order chi connectivity index (χ0) is 13.4. The second-order valence-corrected chi connectivity index (χ2v) is 5.68. The van der Waals surface area contributed by atoms with Crippen LogP contribution in [0.5, 0.6) is 0 Å². The van der Waals surface area contributed by atoms with Crippen molar-refractivity contribution in [2.45, 2.75) is 44.9 Å². The largest absolute Gasteiger partial charge is 0.282 e. The van der Waals surface area contributed by atoms with Crippen LogP contribution in [0.25, 0.3) is 5.69 Å². The number of benzene rings is 1. The maximum absolute atomic E-state index is 6.02. The molecule has 4 heteroatoms. The predicted molar refractivity (Wildman–Crippen MR) is 77.0 cm³/mol. The Morgan fingerprint density at radius 2 is 1.84 bits per heavy atom. The number of halogens is 1. The van der Waals surface area contributed by atoms with Crippen molar-refractivity contribution in [2.24, 2.45) is 0 Å². The molecule has 1 fully saturated rings. The standard InChI is InChI=1S/C15H18ClN3/c1-10-6-11(2)8-13(7-10)19-14(9-16)17-18-15(19)12-4-3-5-12/h6-8,12H,3-5,9H2,1-2H3. The highest BCUT2D eigenvalue weighted by Gasteiger charge is 2.27. The molecule has 0 atom stereocenters. The van der Waals surface area contributed by atoms with Gasteiger partial charge in [0.15, 0.2) is 5.82 Å². The van der Waals surface area contributed by atoms with Gasteiger partial charge in [-0.05, 0) is 49.9 Å². The van der Waals surface area contributed by atoms with Crippen LogP contribution in [0.15, 0.2) is 18.2 Å². The Morgan fingerprint density at radius 3 is 2.37 bits per heavy atom. The molecule has 3 rings (SSSR count). The molecule has 0 unspecified atom stereocenters. The highest BCUT2D eigenvalue weighted by Crippen LogP contribution is 2.36. The van der Waals surface area contributed by atoms with Crippen molar-refractivity contribution in [3.05, 3.63) is 41.0 Å². The molecule has 1 aliphatic carbocycles. The van der Waals surface area contributed by atoms with Gasteiger partial charge < -0.3 is 0 Å². The predicted octanol–water partition coefficient (Wildman–Crippen LogP) is 3.89. The lowest BCUT2D eigenvalue weighted by molar-refractivity contribution is 0.396. The first-order valence-corrected chi connectivity index (χ1v) is 7.31. The molecule has 1 aromatic carbocycles. The average Bonchev–Trinajstić information content (AvgIpc) is 2.69. The fourth-order valence-electron chi connectivity index (χ4n) is 2.71. The molecule has 0 bridgehead atoms. The number of hydrogen-bond donors (Lipinski definition) is 0. The quantitative estimate of drug-likeness (QED) is 0.796. The van der Waals surface area contributed by atoms with Crippen LogP contribution in [0.3, 0.4) is 0 Å². The van der Waals surface area contributed by atoms with Gasteiger partial charge in [-0.1, -0.05) is 12.5 Å². The highest BCUT2D eigenvalue weighted by atomic mass is 35.5. The van der Waals surface area contributed by atoms with Crippen molar-refractivity contribution in [1.29, 1.82) is 0 Å². The minimum absolute atomic E-state index is 0.396. The van der Waals surface area contributed by atoms with Crippen LogP contribution in [-0.2, 0) is 5.88 Å². The van der Waals surface area contributed by atoms with Gasteiger partial charge in [0.25, 0.3) is 0 Å². The molecule has 0 radical (unpaired) electrons. The Bertz CT molecular complexity index is 579. The molecule has 0 N–H and O–H groups in total. The van der Waals surface area contributed by atoms with Crippen LogP contribution < -0.4 is 0 Å². The molecule has 0 amide bonds. The molecule has 100 valence electrons. The number of rotatable bonds is 3. The molecule has 2 aromatic rings. The molecule has 3 nitrogen and oxygen atoms in total. The van der Waals surface area contributed by atoms with Gasteiger partial charge in [-0.15, -0.1) is 21.8 Å². The third kappa shape index (κ3) is 2.27. The van der Waals surface area contributed by atoms with Crippen molar-refractivity contribution in [3.8, 4) is 5.69 Å².